The fourth-order valence-electron chi connectivity index (χ4n) is 2.04. The van der Waals surface area contributed by atoms with Gasteiger partial charge in [-0.2, -0.15) is 0 Å². The Morgan fingerprint density at radius 2 is 1.95 bits per heavy atom. The van der Waals surface area contributed by atoms with Gasteiger partial charge in [-0.05, 0) is 17.7 Å². The highest BCUT2D eigenvalue weighted by molar-refractivity contribution is 7.17. The Morgan fingerprint density at radius 1 is 1.14 bits per heavy atom. The van der Waals surface area contributed by atoms with E-state index in [1.807, 2.05) is 42.5 Å². The van der Waals surface area contributed by atoms with Gasteiger partial charge in [0.05, 0.1) is 5.69 Å². The van der Waals surface area contributed by atoms with Crippen molar-refractivity contribution in [1.82, 2.24) is 9.97 Å². The van der Waals surface area contributed by atoms with E-state index in [9.17, 15) is 9.90 Å². The minimum absolute atomic E-state index is 0.290. The molecule has 0 radical (unpaired) electrons. The fourth-order valence-corrected chi connectivity index (χ4v) is 2.95. The molecule has 0 bridgehead atoms. The quantitative estimate of drug-likeness (QED) is 0.800. The largest absolute Gasteiger partial charge is 0.477 e. The Bertz CT molecular complexity index is 754. The molecule has 5 heteroatoms. The maximum atomic E-state index is 11.4. The number of benzene rings is 1. The van der Waals surface area contributed by atoms with Crippen molar-refractivity contribution in [1.29, 1.82) is 0 Å². The van der Waals surface area contributed by atoms with Gasteiger partial charge in [0.15, 0.2) is 0 Å². The zero-order valence-corrected chi connectivity index (χ0v) is 11.9. The van der Waals surface area contributed by atoms with Crippen LogP contribution in [0.1, 0.15) is 20.9 Å². The van der Waals surface area contributed by atoms with Crippen LogP contribution in [-0.4, -0.2) is 21.0 Å². The Kier molecular flexibility index (Phi) is 3.75. The summed E-state index contributed by atoms with van der Waals surface area (Å²) in [7, 11) is 0. The molecular formula is C16H12N2O2S. The molecule has 1 N–H and O–H groups in total. The first kappa shape index (κ1) is 13.5. The predicted molar refractivity (Wildman–Crippen MR) is 81.6 cm³/mol. The predicted octanol–water partition coefficient (Wildman–Crippen LogP) is 3.49. The Balaban J connectivity index is 2.00. The summed E-state index contributed by atoms with van der Waals surface area (Å²) in [4.78, 5) is 20.2. The van der Waals surface area contributed by atoms with Crippen LogP contribution >= 0.6 is 11.3 Å². The van der Waals surface area contributed by atoms with E-state index in [4.69, 9.17) is 0 Å². The number of rotatable bonds is 4. The summed E-state index contributed by atoms with van der Waals surface area (Å²) in [5.41, 5.74) is 2.48. The Morgan fingerprint density at radius 3 is 2.62 bits per heavy atom. The molecule has 4 nitrogen and oxygen atoms in total. The van der Waals surface area contributed by atoms with Crippen molar-refractivity contribution in [3.8, 4) is 10.6 Å². The number of pyridine rings is 1. The molecule has 0 saturated heterocycles. The molecule has 0 unspecified atom stereocenters. The summed E-state index contributed by atoms with van der Waals surface area (Å²) in [5, 5.41) is 10.0. The van der Waals surface area contributed by atoms with Gasteiger partial charge in [0.2, 0.25) is 0 Å². The van der Waals surface area contributed by atoms with Crippen LogP contribution in [0.3, 0.4) is 0 Å². The summed E-state index contributed by atoms with van der Waals surface area (Å²) in [6, 6.07) is 13.4. The van der Waals surface area contributed by atoms with E-state index in [0.29, 0.717) is 17.1 Å². The second kappa shape index (κ2) is 5.85. The summed E-state index contributed by atoms with van der Waals surface area (Å²) >= 11 is 1.19. The van der Waals surface area contributed by atoms with Crippen LogP contribution < -0.4 is 0 Å². The first-order valence-electron chi connectivity index (χ1n) is 6.41. The molecular weight excluding hydrogens is 284 g/mol. The molecule has 3 aromatic rings. The summed E-state index contributed by atoms with van der Waals surface area (Å²) < 4.78 is 0. The molecule has 2 aromatic heterocycles. The van der Waals surface area contributed by atoms with Gasteiger partial charge in [-0.25, -0.2) is 9.78 Å². The normalized spacial score (nSPS) is 10.5. The van der Waals surface area contributed by atoms with E-state index in [-0.39, 0.29) is 4.88 Å². The number of nitrogens with zero attached hydrogens (tertiary/aromatic N) is 2. The Hall–Kier alpha value is -2.53. The minimum atomic E-state index is -0.937. The van der Waals surface area contributed by atoms with E-state index in [2.05, 4.69) is 9.97 Å². The van der Waals surface area contributed by atoms with Gasteiger partial charge < -0.3 is 5.11 Å². The van der Waals surface area contributed by atoms with Crippen LogP contribution in [0.4, 0.5) is 0 Å². The monoisotopic (exact) mass is 296 g/mol. The molecule has 0 aliphatic rings. The number of aromatic carboxylic acids is 1. The van der Waals surface area contributed by atoms with Crippen molar-refractivity contribution in [2.24, 2.45) is 0 Å². The fraction of sp³-hybridized carbons (Fsp3) is 0.0625. The zero-order valence-electron chi connectivity index (χ0n) is 11.1. The maximum absolute atomic E-state index is 11.4. The van der Waals surface area contributed by atoms with Crippen molar-refractivity contribution < 1.29 is 9.90 Å². The van der Waals surface area contributed by atoms with Gasteiger partial charge in [-0.1, -0.05) is 30.3 Å². The van der Waals surface area contributed by atoms with Crippen molar-refractivity contribution in [2.75, 3.05) is 0 Å². The number of carboxylic acids is 1. The molecule has 3 rings (SSSR count). The average Bonchev–Trinajstić information content (AvgIpc) is 2.93. The van der Waals surface area contributed by atoms with E-state index in [0.717, 1.165) is 11.1 Å². The van der Waals surface area contributed by atoms with Crippen molar-refractivity contribution in [2.45, 2.75) is 6.42 Å². The van der Waals surface area contributed by atoms with Crippen LogP contribution in [0.25, 0.3) is 10.6 Å². The minimum Gasteiger partial charge on any atom is -0.477 e. The first-order chi connectivity index (χ1) is 10.2. The zero-order chi connectivity index (χ0) is 14.7. The molecule has 1 aromatic carbocycles. The molecule has 0 spiro atoms. The molecule has 0 saturated carbocycles. The second-order valence-corrected chi connectivity index (χ2v) is 5.50. The van der Waals surface area contributed by atoms with Gasteiger partial charge in [0, 0.05) is 24.4 Å². The Labute approximate surface area is 125 Å². The lowest BCUT2D eigenvalue weighted by atomic mass is 10.1. The van der Waals surface area contributed by atoms with E-state index < -0.39 is 5.97 Å². The third-order valence-corrected chi connectivity index (χ3v) is 4.15. The van der Waals surface area contributed by atoms with Crippen molar-refractivity contribution in [3.63, 3.8) is 0 Å². The number of hydrogen-bond acceptors (Lipinski definition) is 4. The van der Waals surface area contributed by atoms with Gasteiger partial charge >= 0.3 is 5.97 Å². The van der Waals surface area contributed by atoms with E-state index in [1.54, 1.807) is 12.4 Å². The third-order valence-electron chi connectivity index (χ3n) is 3.01. The second-order valence-electron chi connectivity index (χ2n) is 4.50. The molecule has 0 aliphatic heterocycles. The van der Waals surface area contributed by atoms with Crippen LogP contribution in [0.15, 0.2) is 54.9 Å². The SMILES string of the molecule is O=C(O)c1sc(-c2cccnc2)nc1Cc1ccccc1. The lowest BCUT2D eigenvalue weighted by molar-refractivity contribution is 0.0701. The van der Waals surface area contributed by atoms with E-state index >= 15 is 0 Å². The highest BCUT2D eigenvalue weighted by Gasteiger charge is 2.18. The summed E-state index contributed by atoms with van der Waals surface area (Å²) in [6.45, 7) is 0. The topological polar surface area (TPSA) is 63.1 Å². The first-order valence-corrected chi connectivity index (χ1v) is 7.23. The van der Waals surface area contributed by atoms with Gasteiger partial charge in [0.25, 0.3) is 0 Å². The van der Waals surface area contributed by atoms with Crippen LogP contribution in [0.5, 0.6) is 0 Å². The standard InChI is InChI=1S/C16H12N2O2S/c19-16(20)14-13(9-11-5-2-1-3-6-11)18-15(21-14)12-7-4-8-17-10-12/h1-8,10H,9H2,(H,19,20). The third kappa shape index (κ3) is 2.98. The van der Waals surface area contributed by atoms with Crippen LogP contribution in [0, 0.1) is 0 Å². The molecule has 21 heavy (non-hydrogen) atoms. The summed E-state index contributed by atoms with van der Waals surface area (Å²) in [5.74, 6) is -0.937. The number of carbonyl (C=O) groups is 1. The lowest BCUT2D eigenvalue weighted by Crippen LogP contribution is -1.99. The van der Waals surface area contributed by atoms with Gasteiger partial charge in [-0.15, -0.1) is 11.3 Å². The number of thiazole rings is 1. The number of carboxylic acid groups (broad SMARTS) is 1. The molecule has 2 heterocycles. The smallest absolute Gasteiger partial charge is 0.347 e. The molecule has 0 amide bonds. The average molecular weight is 296 g/mol. The number of aromatic nitrogens is 2. The molecule has 0 aliphatic carbocycles. The van der Waals surface area contributed by atoms with E-state index in [1.165, 1.54) is 11.3 Å². The summed E-state index contributed by atoms with van der Waals surface area (Å²) in [6.07, 6.45) is 3.89. The highest BCUT2D eigenvalue weighted by atomic mass is 32.1. The van der Waals surface area contributed by atoms with Gasteiger partial charge in [-0.3, -0.25) is 4.98 Å². The van der Waals surface area contributed by atoms with Gasteiger partial charge in [0.1, 0.15) is 9.88 Å². The van der Waals surface area contributed by atoms with Crippen molar-refractivity contribution in [3.05, 3.63) is 71.0 Å². The lowest BCUT2D eigenvalue weighted by Gasteiger charge is -1.99. The molecule has 104 valence electrons. The number of hydrogen-bond donors (Lipinski definition) is 1. The van der Waals surface area contributed by atoms with Crippen LogP contribution in [0.2, 0.25) is 0 Å². The maximum Gasteiger partial charge on any atom is 0.347 e. The highest BCUT2D eigenvalue weighted by Crippen LogP contribution is 2.29. The van der Waals surface area contributed by atoms with Crippen molar-refractivity contribution >= 4 is 17.3 Å². The molecule has 0 atom stereocenters. The molecule has 0 fully saturated rings. The van der Waals surface area contributed by atoms with Crippen LogP contribution in [-0.2, 0) is 6.42 Å².